The maximum absolute atomic E-state index is 12.9. The summed E-state index contributed by atoms with van der Waals surface area (Å²) >= 11 is 0. The summed E-state index contributed by atoms with van der Waals surface area (Å²) in [7, 11) is -2.27. The summed E-state index contributed by atoms with van der Waals surface area (Å²) in [6, 6.07) is 11.6. The van der Waals surface area contributed by atoms with Crippen molar-refractivity contribution in [1.82, 2.24) is 9.62 Å². The molecule has 0 aliphatic carbocycles. The molecule has 0 bridgehead atoms. The number of benzene rings is 2. The van der Waals surface area contributed by atoms with Crippen molar-refractivity contribution in [2.45, 2.75) is 30.8 Å². The summed E-state index contributed by atoms with van der Waals surface area (Å²) in [6.07, 6.45) is -2.46. The van der Waals surface area contributed by atoms with Crippen molar-refractivity contribution in [3.05, 3.63) is 65.2 Å². The topological polar surface area (TPSA) is 58.6 Å². The Morgan fingerprint density at radius 2 is 1.80 bits per heavy atom. The number of alkyl halides is 3. The molecule has 1 fully saturated rings. The van der Waals surface area contributed by atoms with E-state index in [9.17, 15) is 21.6 Å². The Kier molecular flexibility index (Phi) is 7.05. The zero-order valence-corrected chi connectivity index (χ0v) is 17.5. The average molecular weight is 443 g/mol. The standard InChI is InChI=1S/C21H25F3N2O3S/c1-29-20-10-3-2-9-18(20)19(26-11-4-5-12-26)14-25-30(27,28)15-16-7-6-8-17(13-16)21(22,23)24/h2-3,6-10,13,19,25H,4-5,11-12,14-15H2,1H3. The van der Waals surface area contributed by atoms with Gasteiger partial charge in [0.1, 0.15) is 5.75 Å². The lowest BCUT2D eigenvalue weighted by atomic mass is 10.0. The number of sulfonamides is 1. The summed E-state index contributed by atoms with van der Waals surface area (Å²) in [5.41, 5.74) is 0.107. The maximum Gasteiger partial charge on any atom is 0.416 e. The molecular formula is C21H25F3N2O3S. The first-order valence-corrected chi connectivity index (χ1v) is 11.4. The van der Waals surface area contributed by atoms with Gasteiger partial charge in [-0.3, -0.25) is 4.90 Å². The van der Waals surface area contributed by atoms with Crippen LogP contribution in [0.2, 0.25) is 0 Å². The fourth-order valence-electron chi connectivity index (χ4n) is 3.74. The summed E-state index contributed by atoms with van der Waals surface area (Å²) in [6.45, 7) is 1.80. The number of likely N-dealkylation sites (tertiary alicyclic amines) is 1. The molecular weight excluding hydrogens is 417 g/mol. The third kappa shape index (κ3) is 5.74. The van der Waals surface area contributed by atoms with Crippen LogP contribution in [-0.4, -0.2) is 40.1 Å². The van der Waals surface area contributed by atoms with Crippen LogP contribution >= 0.6 is 0 Å². The van der Waals surface area contributed by atoms with E-state index in [1.807, 2.05) is 24.3 Å². The van der Waals surface area contributed by atoms with Crippen molar-refractivity contribution < 1.29 is 26.3 Å². The van der Waals surface area contributed by atoms with E-state index in [1.165, 1.54) is 12.1 Å². The zero-order chi connectivity index (χ0) is 21.8. The van der Waals surface area contributed by atoms with Gasteiger partial charge in [0.2, 0.25) is 10.0 Å². The molecule has 0 spiro atoms. The van der Waals surface area contributed by atoms with E-state index in [0.29, 0.717) is 5.75 Å². The van der Waals surface area contributed by atoms with E-state index in [0.717, 1.165) is 43.6 Å². The largest absolute Gasteiger partial charge is 0.496 e. The van der Waals surface area contributed by atoms with Gasteiger partial charge in [-0.25, -0.2) is 13.1 Å². The van der Waals surface area contributed by atoms with Gasteiger partial charge in [0.05, 0.1) is 24.5 Å². The zero-order valence-electron chi connectivity index (χ0n) is 16.7. The molecule has 3 rings (SSSR count). The van der Waals surface area contributed by atoms with E-state index < -0.39 is 27.5 Å². The molecule has 0 radical (unpaired) electrons. The molecule has 2 aromatic rings. The predicted octanol–water partition coefficient (Wildman–Crippen LogP) is 3.97. The van der Waals surface area contributed by atoms with Gasteiger partial charge in [-0.05, 0) is 43.6 Å². The Morgan fingerprint density at radius 3 is 2.47 bits per heavy atom. The van der Waals surface area contributed by atoms with E-state index in [2.05, 4.69) is 9.62 Å². The maximum atomic E-state index is 12.9. The van der Waals surface area contributed by atoms with Crippen LogP contribution in [0.25, 0.3) is 0 Å². The van der Waals surface area contributed by atoms with Gasteiger partial charge in [-0.1, -0.05) is 36.4 Å². The van der Waals surface area contributed by atoms with Gasteiger partial charge in [0.25, 0.3) is 0 Å². The molecule has 1 heterocycles. The predicted molar refractivity (Wildman–Crippen MR) is 109 cm³/mol. The number of hydrogen-bond donors (Lipinski definition) is 1. The van der Waals surface area contributed by atoms with Crippen LogP contribution < -0.4 is 9.46 Å². The summed E-state index contributed by atoms with van der Waals surface area (Å²) in [4.78, 5) is 2.20. The first-order chi connectivity index (χ1) is 14.2. The van der Waals surface area contributed by atoms with Crippen molar-refractivity contribution in [3.8, 4) is 5.75 Å². The molecule has 9 heteroatoms. The number of halogens is 3. The number of hydrogen-bond acceptors (Lipinski definition) is 4. The molecule has 1 aliphatic heterocycles. The number of ether oxygens (including phenoxy) is 1. The lowest BCUT2D eigenvalue weighted by molar-refractivity contribution is -0.137. The second-order valence-electron chi connectivity index (χ2n) is 7.31. The van der Waals surface area contributed by atoms with E-state index >= 15 is 0 Å². The molecule has 30 heavy (non-hydrogen) atoms. The van der Waals surface area contributed by atoms with Crippen molar-refractivity contribution in [1.29, 1.82) is 0 Å². The first kappa shape index (κ1) is 22.6. The van der Waals surface area contributed by atoms with Crippen LogP contribution in [0.15, 0.2) is 48.5 Å². The fraction of sp³-hybridized carbons (Fsp3) is 0.429. The number of nitrogens with one attached hydrogen (secondary N) is 1. The van der Waals surface area contributed by atoms with Crippen LogP contribution in [-0.2, 0) is 22.0 Å². The van der Waals surface area contributed by atoms with Crippen LogP contribution in [0.5, 0.6) is 5.75 Å². The van der Waals surface area contributed by atoms with Gasteiger partial charge < -0.3 is 4.74 Å². The number of para-hydroxylation sites is 1. The van der Waals surface area contributed by atoms with Crippen molar-refractivity contribution in [2.75, 3.05) is 26.7 Å². The summed E-state index contributed by atoms with van der Waals surface area (Å²) in [5.74, 6) is 0.154. The molecule has 1 N–H and O–H groups in total. The molecule has 0 amide bonds. The van der Waals surface area contributed by atoms with Gasteiger partial charge in [-0.15, -0.1) is 0 Å². The smallest absolute Gasteiger partial charge is 0.416 e. The highest BCUT2D eigenvalue weighted by Gasteiger charge is 2.31. The molecule has 0 aromatic heterocycles. The van der Waals surface area contributed by atoms with Gasteiger partial charge >= 0.3 is 6.18 Å². The lowest BCUT2D eigenvalue weighted by Crippen LogP contribution is -2.37. The Labute approximate surface area is 174 Å². The molecule has 2 aromatic carbocycles. The fourth-order valence-corrected chi connectivity index (χ4v) is 4.88. The number of methoxy groups -OCH3 is 1. The molecule has 1 unspecified atom stereocenters. The van der Waals surface area contributed by atoms with Crippen molar-refractivity contribution >= 4 is 10.0 Å². The summed E-state index contributed by atoms with van der Waals surface area (Å²) < 4.78 is 72.0. The Bertz CT molecular complexity index is 958. The number of rotatable bonds is 8. The van der Waals surface area contributed by atoms with E-state index in [1.54, 1.807) is 7.11 Å². The normalized spacial score (nSPS) is 16.5. The number of nitrogens with zero attached hydrogens (tertiary/aromatic N) is 1. The average Bonchev–Trinajstić information content (AvgIpc) is 3.22. The lowest BCUT2D eigenvalue weighted by Gasteiger charge is -2.29. The van der Waals surface area contributed by atoms with Crippen LogP contribution in [0.3, 0.4) is 0 Å². The highest BCUT2D eigenvalue weighted by molar-refractivity contribution is 7.88. The third-order valence-corrected chi connectivity index (χ3v) is 6.51. The second-order valence-corrected chi connectivity index (χ2v) is 9.11. The van der Waals surface area contributed by atoms with Crippen molar-refractivity contribution in [2.24, 2.45) is 0 Å². The first-order valence-electron chi connectivity index (χ1n) is 9.70. The van der Waals surface area contributed by atoms with Gasteiger partial charge in [0, 0.05) is 12.1 Å². The minimum absolute atomic E-state index is 0.0901. The Hall–Kier alpha value is -2.10. The van der Waals surface area contributed by atoms with Crippen LogP contribution in [0.4, 0.5) is 13.2 Å². The molecule has 1 saturated heterocycles. The van der Waals surface area contributed by atoms with E-state index in [4.69, 9.17) is 4.74 Å². The third-order valence-electron chi connectivity index (χ3n) is 5.19. The summed E-state index contributed by atoms with van der Waals surface area (Å²) in [5, 5.41) is 0. The SMILES string of the molecule is COc1ccccc1C(CNS(=O)(=O)Cc1cccc(C(F)(F)F)c1)N1CCCC1. The van der Waals surface area contributed by atoms with Gasteiger partial charge in [-0.2, -0.15) is 13.2 Å². The quantitative estimate of drug-likeness (QED) is 0.672. The second kappa shape index (κ2) is 9.36. The van der Waals surface area contributed by atoms with Crippen LogP contribution in [0.1, 0.15) is 35.6 Å². The highest BCUT2D eigenvalue weighted by atomic mass is 32.2. The molecule has 0 saturated carbocycles. The van der Waals surface area contributed by atoms with E-state index in [-0.39, 0.29) is 18.2 Å². The molecule has 164 valence electrons. The molecule has 5 nitrogen and oxygen atoms in total. The molecule has 1 atom stereocenters. The van der Waals surface area contributed by atoms with Crippen molar-refractivity contribution in [3.63, 3.8) is 0 Å². The minimum atomic E-state index is -4.52. The molecule has 1 aliphatic rings. The van der Waals surface area contributed by atoms with Crippen LogP contribution in [0, 0.1) is 0 Å². The highest BCUT2D eigenvalue weighted by Crippen LogP contribution is 2.32. The Balaban J connectivity index is 1.76. The minimum Gasteiger partial charge on any atom is -0.496 e. The Morgan fingerprint density at radius 1 is 1.10 bits per heavy atom. The monoisotopic (exact) mass is 442 g/mol. The van der Waals surface area contributed by atoms with Gasteiger partial charge in [0.15, 0.2) is 0 Å².